The Hall–Kier alpha value is -3.22. The van der Waals surface area contributed by atoms with Crippen LogP contribution in [0.25, 0.3) is 0 Å². The number of hydrogen-bond acceptors (Lipinski definition) is 5. The fourth-order valence-corrected chi connectivity index (χ4v) is 1.90. The number of nitrogens with one attached hydrogen (secondary N) is 1. The number of nitro benzene ring substituents is 1. The summed E-state index contributed by atoms with van der Waals surface area (Å²) >= 11 is 0. The molecular formula is C18H19N3O4. The van der Waals surface area contributed by atoms with Crippen molar-refractivity contribution in [1.82, 2.24) is 5.43 Å². The van der Waals surface area contributed by atoms with E-state index >= 15 is 0 Å². The summed E-state index contributed by atoms with van der Waals surface area (Å²) in [4.78, 5) is 22.1. The predicted octanol–water partition coefficient (Wildman–Crippen LogP) is 3.39. The smallest absolute Gasteiger partial charge is 0.271 e. The van der Waals surface area contributed by atoms with Gasteiger partial charge in [-0.25, -0.2) is 5.43 Å². The van der Waals surface area contributed by atoms with E-state index < -0.39 is 10.8 Å². The van der Waals surface area contributed by atoms with Gasteiger partial charge in [-0.3, -0.25) is 14.9 Å². The lowest BCUT2D eigenvalue weighted by Crippen LogP contribution is -2.17. The van der Waals surface area contributed by atoms with E-state index in [9.17, 15) is 14.9 Å². The van der Waals surface area contributed by atoms with Gasteiger partial charge < -0.3 is 4.74 Å². The first-order chi connectivity index (χ1) is 12.0. The second kappa shape index (κ2) is 8.58. The van der Waals surface area contributed by atoms with Gasteiger partial charge in [0.2, 0.25) is 0 Å². The monoisotopic (exact) mass is 341 g/mol. The maximum Gasteiger partial charge on any atom is 0.271 e. The highest BCUT2D eigenvalue weighted by Crippen LogP contribution is 2.13. The molecule has 2 aromatic rings. The third-order valence-electron chi connectivity index (χ3n) is 3.16. The molecule has 1 amide bonds. The minimum atomic E-state index is -0.553. The fourth-order valence-electron chi connectivity index (χ4n) is 1.90. The third-order valence-corrected chi connectivity index (χ3v) is 3.16. The first kappa shape index (κ1) is 18.1. The van der Waals surface area contributed by atoms with Crippen molar-refractivity contribution in [3.63, 3.8) is 0 Å². The van der Waals surface area contributed by atoms with Gasteiger partial charge in [0, 0.05) is 17.7 Å². The van der Waals surface area contributed by atoms with Gasteiger partial charge in [0.05, 0.1) is 17.7 Å². The molecule has 0 aliphatic heterocycles. The van der Waals surface area contributed by atoms with E-state index in [2.05, 4.69) is 24.4 Å². The van der Waals surface area contributed by atoms with E-state index in [0.717, 1.165) is 11.3 Å². The summed E-state index contributed by atoms with van der Waals surface area (Å²) in [6, 6.07) is 12.7. The van der Waals surface area contributed by atoms with Gasteiger partial charge in [0.1, 0.15) is 5.75 Å². The molecule has 0 saturated carbocycles. The molecule has 0 bridgehead atoms. The van der Waals surface area contributed by atoms with Crippen molar-refractivity contribution in [3.8, 4) is 5.75 Å². The SMILES string of the molecule is CC(C)COc1ccc(/C=N/NC(=O)c2cccc([N+](=O)[O-])c2)cc1. The number of rotatable bonds is 7. The average Bonchev–Trinajstić information content (AvgIpc) is 2.61. The van der Waals surface area contributed by atoms with Gasteiger partial charge in [-0.15, -0.1) is 0 Å². The van der Waals surface area contributed by atoms with Gasteiger partial charge in [-0.2, -0.15) is 5.10 Å². The number of nitrogens with zero attached hydrogens (tertiary/aromatic N) is 2. The number of carbonyl (C=O) groups excluding carboxylic acids is 1. The summed E-state index contributed by atoms with van der Waals surface area (Å²) < 4.78 is 5.58. The van der Waals surface area contributed by atoms with Crippen molar-refractivity contribution >= 4 is 17.8 Å². The van der Waals surface area contributed by atoms with Crippen LogP contribution in [0, 0.1) is 16.0 Å². The maximum absolute atomic E-state index is 11.9. The number of non-ortho nitro benzene ring substituents is 1. The van der Waals surface area contributed by atoms with Crippen LogP contribution in [-0.2, 0) is 0 Å². The number of amides is 1. The fraction of sp³-hybridized carbons (Fsp3) is 0.222. The Kier molecular flexibility index (Phi) is 6.22. The molecule has 0 atom stereocenters. The lowest BCUT2D eigenvalue weighted by Gasteiger charge is -2.08. The van der Waals surface area contributed by atoms with Crippen LogP contribution >= 0.6 is 0 Å². The van der Waals surface area contributed by atoms with Gasteiger partial charge in [-0.05, 0) is 41.8 Å². The Labute approximate surface area is 145 Å². The van der Waals surface area contributed by atoms with Gasteiger partial charge >= 0.3 is 0 Å². The van der Waals surface area contributed by atoms with Crippen LogP contribution in [0.4, 0.5) is 5.69 Å². The van der Waals surface area contributed by atoms with Crippen LogP contribution in [-0.4, -0.2) is 23.7 Å². The van der Waals surface area contributed by atoms with Crippen molar-refractivity contribution in [3.05, 3.63) is 69.8 Å². The highest BCUT2D eigenvalue weighted by atomic mass is 16.6. The number of benzene rings is 2. The Morgan fingerprint density at radius 3 is 2.64 bits per heavy atom. The molecule has 0 heterocycles. The highest BCUT2D eigenvalue weighted by Gasteiger charge is 2.10. The second-order valence-electron chi connectivity index (χ2n) is 5.78. The Morgan fingerprint density at radius 1 is 1.28 bits per heavy atom. The molecule has 0 radical (unpaired) electrons. The number of hydrazone groups is 1. The molecule has 0 saturated heterocycles. The average molecular weight is 341 g/mol. The molecular weight excluding hydrogens is 322 g/mol. The van der Waals surface area contributed by atoms with Crippen molar-refractivity contribution in [2.45, 2.75) is 13.8 Å². The summed E-state index contributed by atoms with van der Waals surface area (Å²) in [6.45, 7) is 4.79. The molecule has 7 nitrogen and oxygen atoms in total. The quantitative estimate of drug-likeness (QED) is 0.474. The number of nitro groups is 1. The van der Waals surface area contributed by atoms with E-state index in [1.54, 1.807) is 0 Å². The molecule has 2 rings (SSSR count). The van der Waals surface area contributed by atoms with Crippen LogP contribution in [0.1, 0.15) is 29.8 Å². The van der Waals surface area contributed by atoms with Gasteiger partial charge in [0.15, 0.2) is 0 Å². The molecule has 130 valence electrons. The molecule has 2 aromatic carbocycles. The summed E-state index contributed by atoms with van der Waals surface area (Å²) in [5.41, 5.74) is 3.16. The minimum Gasteiger partial charge on any atom is -0.493 e. The number of carbonyl (C=O) groups is 1. The van der Waals surface area contributed by atoms with Crippen molar-refractivity contribution in [2.75, 3.05) is 6.61 Å². The zero-order valence-corrected chi connectivity index (χ0v) is 14.0. The molecule has 1 N–H and O–H groups in total. The largest absolute Gasteiger partial charge is 0.493 e. The van der Waals surface area contributed by atoms with E-state index in [1.807, 2.05) is 24.3 Å². The molecule has 25 heavy (non-hydrogen) atoms. The Morgan fingerprint density at radius 2 is 2.00 bits per heavy atom. The van der Waals surface area contributed by atoms with Crippen molar-refractivity contribution in [1.29, 1.82) is 0 Å². The number of ether oxygens (including phenoxy) is 1. The highest BCUT2D eigenvalue weighted by molar-refractivity contribution is 5.95. The summed E-state index contributed by atoms with van der Waals surface area (Å²) in [6.07, 6.45) is 1.49. The van der Waals surface area contributed by atoms with E-state index in [1.165, 1.54) is 30.5 Å². The zero-order valence-electron chi connectivity index (χ0n) is 14.0. The lowest BCUT2D eigenvalue weighted by atomic mass is 10.2. The van der Waals surface area contributed by atoms with E-state index in [0.29, 0.717) is 12.5 Å². The van der Waals surface area contributed by atoms with Gasteiger partial charge in [-0.1, -0.05) is 19.9 Å². The summed E-state index contributed by atoms with van der Waals surface area (Å²) in [5, 5.41) is 14.6. The van der Waals surface area contributed by atoms with Crippen LogP contribution < -0.4 is 10.2 Å². The third kappa shape index (κ3) is 5.72. The number of hydrogen-bond donors (Lipinski definition) is 1. The zero-order chi connectivity index (χ0) is 18.2. The second-order valence-corrected chi connectivity index (χ2v) is 5.78. The molecule has 0 unspecified atom stereocenters. The summed E-state index contributed by atoms with van der Waals surface area (Å²) in [7, 11) is 0. The first-order valence-corrected chi connectivity index (χ1v) is 7.76. The summed E-state index contributed by atoms with van der Waals surface area (Å²) in [5.74, 6) is 0.702. The molecule has 0 aliphatic carbocycles. The lowest BCUT2D eigenvalue weighted by molar-refractivity contribution is -0.384. The Bertz CT molecular complexity index is 770. The van der Waals surface area contributed by atoms with E-state index in [-0.39, 0.29) is 11.3 Å². The van der Waals surface area contributed by atoms with Gasteiger partial charge in [0.25, 0.3) is 11.6 Å². The van der Waals surface area contributed by atoms with Crippen LogP contribution in [0.3, 0.4) is 0 Å². The molecule has 7 heteroatoms. The van der Waals surface area contributed by atoms with E-state index in [4.69, 9.17) is 4.74 Å². The normalized spacial score (nSPS) is 10.8. The molecule has 0 fully saturated rings. The molecule has 0 spiro atoms. The topological polar surface area (TPSA) is 93.8 Å². The standard InChI is InChI=1S/C18H19N3O4/c1-13(2)12-25-17-8-6-14(7-9-17)11-19-20-18(22)15-4-3-5-16(10-15)21(23)24/h3-11,13H,12H2,1-2H3,(H,20,22)/b19-11+. The van der Waals surface area contributed by atoms with Crippen molar-refractivity contribution in [2.24, 2.45) is 11.0 Å². The van der Waals surface area contributed by atoms with Crippen LogP contribution in [0.2, 0.25) is 0 Å². The minimum absolute atomic E-state index is 0.145. The molecule has 0 aliphatic rings. The Balaban J connectivity index is 1.93. The van der Waals surface area contributed by atoms with Crippen molar-refractivity contribution < 1.29 is 14.5 Å². The van der Waals surface area contributed by atoms with Crippen LogP contribution in [0.5, 0.6) is 5.75 Å². The molecule has 0 aromatic heterocycles. The maximum atomic E-state index is 11.9. The first-order valence-electron chi connectivity index (χ1n) is 7.76. The van der Waals surface area contributed by atoms with Crippen LogP contribution in [0.15, 0.2) is 53.6 Å². The predicted molar refractivity (Wildman–Crippen MR) is 94.9 cm³/mol.